The number of carboxylic acids is 1. The fourth-order valence-electron chi connectivity index (χ4n) is 0.773. The van der Waals surface area contributed by atoms with Gasteiger partial charge in [0.05, 0.1) is 0 Å². The molecule has 0 bridgehead atoms. The molecular formula is C9H18O2. The Morgan fingerprint density at radius 3 is 2.18 bits per heavy atom. The number of rotatable bonds is 3. The molecule has 0 aromatic rings. The van der Waals surface area contributed by atoms with E-state index in [1.165, 1.54) is 0 Å². The largest absolute Gasteiger partial charge is 0.481 e. The van der Waals surface area contributed by atoms with Crippen LogP contribution >= 0.6 is 0 Å². The zero-order valence-corrected chi connectivity index (χ0v) is 7.85. The van der Waals surface area contributed by atoms with E-state index >= 15 is 0 Å². The monoisotopic (exact) mass is 158 g/mol. The van der Waals surface area contributed by atoms with E-state index < -0.39 is 5.97 Å². The number of carbonyl (C=O) groups is 1. The highest BCUT2D eigenvalue weighted by atomic mass is 16.4. The van der Waals surface area contributed by atoms with Crippen molar-refractivity contribution < 1.29 is 9.90 Å². The molecule has 66 valence electrons. The maximum atomic E-state index is 10.2. The highest BCUT2D eigenvalue weighted by Gasteiger charge is 2.20. The predicted octanol–water partition coefficient (Wildman–Crippen LogP) is 2.53. The molecule has 2 heteroatoms. The van der Waals surface area contributed by atoms with Crippen LogP contribution in [-0.2, 0) is 4.79 Å². The lowest BCUT2D eigenvalue weighted by Crippen LogP contribution is -2.18. The maximum absolute atomic E-state index is 10.2. The minimum atomic E-state index is -0.693. The molecular weight excluding hydrogens is 140 g/mol. The molecule has 0 radical (unpaired) electrons. The molecule has 0 heterocycles. The smallest absolute Gasteiger partial charge is 0.303 e. The van der Waals surface area contributed by atoms with Crippen LogP contribution in [0.5, 0.6) is 0 Å². The van der Waals surface area contributed by atoms with Crippen molar-refractivity contribution in [1.82, 2.24) is 0 Å². The molecule has 0 rings (SSSR count). The van der Waals surface area contributed by atoms with Crippen molar-refractivity contribution in [2.24, 2.45) is 11.3 Å². The highest BCUT2D eigenvalue weighted by Crippen LogP contribution is 2.28. The molecule has 0 unspecified atom stereocenters. The zero-order chi connectivity index (χ0) is 9.07. The van der Waals surface area contributed by atoms with Gasteiger partial charge in [0.1, 0.15) is 0 Å². The van der Waals surface area contributed by atoms with Gasteiger partial charge in [-0.3, -0.25) is 4.79 Å². The minimum absolute atomic E-state index is 0.232. The van der Waals surface area contributed by atoms with Gasteiger partial charge < -0.3 is 5.11 Å². The molecule has 1 N–H and O–H groups in total. The van der Waals surface area contributed by atoms with Crippen molar-refractivity contribution >= 4 is 5.97 Å². The number of aliphatic carboxylic acids is 1. The number of hydrogen-bond acceptors (Lipinski definition) is 1. The second-order valence-corrected chi connectivity index (χ2v) is 4.20. The van der Waals surface area contributed by atoms with E-state index in [0.29, 0.717) is 12.3 Å². The Kier molecular flexibility index (Phi) is 3.56. The van der Waals surface area contributed by atoms with Crippen LogP contribution in [0.4, 0.5) is 0 Å². The van der Waals surface area contributed by atoms with Crippen LogP contribution in [0, 0.1) is 11.3 Å². The molecule has 11 heavy (non-hydrogen) atoms. The van der Waals surface area contributed by atoms with Gasteiger partial charge in [-0.15, -0.1) is 0 Å². The first kappa shape index (κ1) is 10.5. The van der Waals surface area contributed by atoms with Gasteiger partial charge in [-0.25, -0.2) is 0 Å². The second kappa shape index (κ2) is 3.74. The van der Waals surface area contributed by atoms with E-state index in [-0.39, 0.29) is 5.41 Å². The summed E-state index contributed by atoms with van der Waals surface area (Å²) in [7, 11) is 0. The van der Waals surface area contributed by atoms with E-state index in [1.807, 2.05) is 0 Å². The predicted molar refractivity (Wildman–Crippen MR) is 45.5 cm³/mol. The van der Waals surface area contributed by atoms with Gasteiger partial charge in [-0.05, 0) is 17.8 Å². The van der Waals surface area contributed by atoms with Gasteiger partial charge in [0.25, 0.3) is 0 Å². The van der Waals surface area contributed by atoms with E-state index in [0.717, 1.165) is 6.42 Å². The third-order valence-electron chi connectivity index (χ3n) is 2.27. The summed E-state index contributed by atoms with van der Waals surface area (Å²) in [6.07, 6.45) is 1.07. The molecule has 2 nitrogen and oxygen atoms in total. The summed E-state index contributed by atoms with van der Waals surface area (Å²) in [5, 5.41) is 8.43. The second-order valence-electron chi connectivity index (χ2n) is 4.20. The standard InChI is InChI=1S/C9H18O2/c1-7(9(2,3)4)5-6-8(10)11/h7H,5-6H2,1-4H3,(H,10,11)/t7-/m1/s1. The third kappa shape index (κ3) is 4.82. The number of hydrogen-bond donors (Lipinski definition) is 1. The topological polar surface area (TPSA) is 37.3 Å². The summed E-state index contributed by atoms with van der Waals surface area (Å²) in [5.74, 6) is -0.222. The molecule has 0 aromatic carbocycles. The summed E-state index contributed by atoms with van der Waals surface area (Å²) in [4.78, 5) is 10.2. The van der Waals surface area contributed by atoms with Gasteiger partial charge in [0.2, 0.25) is 0 Å². The van der Waals surface area contributed by atoms with Crippen LogP contribution < -0.4 is 0 Å². The quantitative estimate of drug-likeness (QED) is 0.685. The fourth-order valence-corrected chi connectivity index (χ4v) is 0.773. The Bertz CT molecular complexity index is 133. The molecule has 0 spiro atoms. The van der Waals surface area contributed by atoms with Crippen LogP contribution in [-0.4, -0.2) is 11.1 Å². The van der Waals surface area contributed by atoms with Crippen molar-refractivity contribution in [2.75, 3.05) is 0 Å². The van der Waals surface area contributed by atoms with Gasteiger partial charge in [-0.1, -0.05) is 27.7 Å². The van der Waals surface area contributed by atoms with E-state index in [2.05, 4.69) is 27.7 Å². The first-order chi connectivity index (χ1) is 4.84. The average molecular weight is 158 g/mol. The molecule has 0 fully saturated rings. The Balaban J connectivity index is 3.70. The molecule has 0 aliphatic heterocycles. The van der Waals surface area contributed by atoms with E-state index in [4.69, 9.17) is 5.11 Å². The zero-order valence-electron chi connectivity index (χ0n) is 7.85. The molecule has 0 aromatic heterocycles. The first-order valence-electron chi connectivity index (χ1n) is 4.06. The van der Waals surface area contributed by atoms with E-state index in [9.17, 15) is 4.79 Å². The van der Waals surface area contributed by atoms with Crippen LogP contribution in [0.15, 0.2) is 0 Å². The van der Waals surface area contributed by atoms with Gasteiger partial charge in [0.15, 0.2) is 0 Å². The molecule has 1 atom stereocenters. The van der Waals surface area contributed by atoms with Crippen molar-refractivity contribution in [2.45, 2.75) is 40.5 Å². The Hall–Kier alpha value is -0.530. The number of carboxylic acid groups (broad SMARTS) is 1. The highest BCUT2D eigenvalue weighted by molar-refractivity contribution is 5.66. The van der Waals surface area contributed by atoms with Crippen molar-refractivity contribution in [3.05, 3.63) is 0 Å². The molecule has 0 aliphatic rings. The third-order valence-corrected chi connectivity index (χ3v) is 2.27. The van der Waals surface area contributed by atoms with Crippen LogP contribution in [0.1, 0.15) is 40.5 Å². The lowest BCUT2D eigenvalue weighted by Gasteiger charge is -2.26. The van der Waals surface area contributed by atoms with Crippen molar-refractivity contribution in [3.8, 4) is 0 Å². The van der Waals surface area contributed by atoms with Gasteiger partial charge >= 0.3 is 5.97 Å². The van der Waals surface area contributed by atoms with Crippen LogP contribution in [0.2, 0.25) is 0 Å². The van der Waals surface area contributed by atoms with Crippen molar-refractivity contribution in [3.63, 3.8) is 0 Å². The molecule has 0 saturated carbocycles. The Labute approximate surface area is 68.6 Å². The SMILES string of the molecule is C[C@H](CCC(=O)O)C(C)(C)C. The van der Waals surface area contributed by atoms with Gasteiger partial charge in [-0.2, -0.15) is 0 Å². The van der Waals surface area contributed by atoms with Gasteiger partial charge in [0, 0.05) is 6.42 Å². The maximum Gasteiger partial charge on any atom is 0.303 e. The lowest BCUT2D eigenvalue weighted by atomic mass is 9.79. The van der Waals surface area contributed by atoms with Crippen LogP contribution in [0.25, 0.3) is 0 Å². The summed E-state index contributed by atoms with van der Waals surface area (Å²) in [5.41, 5.74) is 0.232. The Morgan fingerprint density at radius 2 is 1.91 bits per heavy atom. The molecule has 0 aliphatic carbocycles. The Morgan fingerprint density at radius 1 is 1.45 bits per heavy atom. The summed E-state index contributed by atoms with van der Waals surface area (Å²) in [6.45, 7) is 8.52. The van der Waals surface area contributed by atoms with Crippen LogP contribution in [0.3, 0.4) is 0 Å². The van der Waals surface area contributed by atoms with E-state index in [1.54, 1.807) is 0 Å². The molecule has 0 saturated heterocycles. The normalized spacial score (nSPS) is 14.5. The summed E-state index contributed by atoms with van der Waals surface area (Å²) in [6, 6.07) is 0. The molecule has 0 amide bonds. The van der Waals surface area contributed by atoms with Crippen molar-refractivity contribution in [1.29, 1.82) is 0 Å². The minimum Gasteiger partial charge on any atom is -0.481 e. The summed E-state index contributed by atoms with van der Waals surface area (Å²) >= 11 is 0. The summed E-state index contributed by atoms with van der Waals surface area (Å²) < 4.78 is 0. The first-order valence-corrected chi connectivity index (χ1v) is 4.06. The lowest BCUT2D eigenvalue weighted by molar-refractivity contribution is -0.137. The average Bonchev–Trinajstić information content (AvgIpc) is 1.80. The fraction of sp³-hybridized carbons (Fsp3) is 0.889.